The molecule has 15 heavy (non-hydrogen) atoms. The Balaban J connectivity index is 0.000000187. The summed E-state index contributed by atoms with van der Waals surface area (Å²) in [6.07, 6.45) is 1.77. The highest BCUT2D eigenvalue weighted by Gasteiger charge is 2.02. The van der Waals surface area contributed by atoms with Gasteiger partial charge in [0.2, 0.25) is 0 Å². The van der Waals surface area contributed by atoms with Gasteiger partial charge in [0.05, 0.1) is 10.4 Å². The fourth-order valence-electron chi connectivity index (χ4n) is 0.782. The number of hydrogen-bond donors (Lipinski definition) is 1. The van der Waals surface area contributed by atoms with E-state index >= 15 is 0 Å². The lowest BCUT2D eigenvalue weighted by Gasteiger charge is -1.90. The van der Waals surface area contributed by atoms with Crippen LogP contribution in [0.15, 0.2) is 46.2 Å². The third kappa shape index (κ3) is 4.57. The average molecular weight is 240 g/mol. The Bertz CT molecular complexity index is 401. The molecule has 0 spiro atoms. The quantitative estimate of drug-likeness (QED) is 0.473. The number of non-ortho nitro benzene ring substituents is 1. The number of nitrogens with zero attached hydrogens (tertiary/aromatic N) is 2. The molecule has 0 aliphatic carbocycles. The van der Waals surface area contributed by atoms with Crippen molar-refractivity contribution < 1.29 is 4.92 Å². The van der Waals surface area contributed by atoms with Gasteiger partial charge in [0.25, 0.3) is 5.69 Å². The van der Waals surface area contributed by atoms with Gasteiger partial charge >= 0.3 is 0 Å². The van der Waals surface area contributed by atoms with E-state index in [1.165, 1.54) is 12.1 Å². The molecule has 6 heteroatoms. The summed E-state index contributed by atoms with van der Waals surface area (Å²) >= 11 is 5.55. The zero-order valence-corrected chi connectivity index (χ0v) is 9.32. The Kier molecular flexibility index (Phi) is 4.79. The molecule has 0 N–H and O–H groups in total. The predicted octanol–water partition coefficient (Wildman–Crippen LogP) is 3.03. The second-order valence-corrected chi connectivity index (χ2v) is 3.72. The second-order valence-electron chi connectivity index (χ2n) is 2.45. The Hall–Kier alpha value is -1.40. The molecule has 0 unspecified atom stereocenters. The average Bonchev–Trinajstić information content (AvgIpc) is 2.75. The maximum Gasteiger partial charge on any atom is 0.270 e. The molecule has 2 rings (SSSR count). The molecule has 0 bridgehead atoms. The molecular formula is C9H8N2O2S2. The van der Waals surface area contributed by atoms with Crippen LogP contribution in [0.5, 0.6) is 0 Å². The first-order valence-corrected chi connectivity index (χ1v) is 5.34. The fraction of sp³-hybridized carbons (Fsp3) is 0. The predicted molar refractivity (Wildman–Crippen MR) is 62.5 cm³/mol. The summed E-state index contributed by atoms with van der Waals surface area (Å²) in [5, 5.41) is 12.1. The van der Waals surface area contributed by atoms with Crippen LogP contribution in [0.1, 0.15) is 0 Å². The van der Waals surface area contributed by atoms with Gasteiger partial charge in [-0.2, -0.15) is 0 Å². The summed E-state index contributed by atoms with van der Waals surface area (Å²) in [7, 11) is 0. The summed E-state index contributed by atoms with van der Waals surface area (Å²) in [6.45, 7) is 0. The molecule has 0 radical (unpaired) electrons. The van der Waals surface area contributed by atoms with Gasteiger partial charge in [-0.25, -0.2) is 0 Å². The lowest BCUT2D eigenvalue weighted by molar-refractivity contribution is -0.385. The second kappa shape index (κ2) is 6.15. The molecule has 4 nitrogen and oxygen atoms in total. The topological polar surface area (TPSA) is 56.0 Å². The minimum absolute atomic E-state index is 0.0764. The molecule has 1 aromatic heterocycles. The SMILES string of the molecule is O=[N+]([O-])c1cccc(S)c1.c1cscn1. The zero-order chi connectivity index (χ0) is 11.1. The van der Waals surface area contributed by atoms with Crippen molar-refractivity contribution in [2.75, 3.05) is 0 Å². The molecule has 0 atom stereocenters. The highest BCUT2D eigenvalue weighted by Crippen LogP contribution is 2.14. The van der Waals surface area contributed by atoms with Crippen molar-refractivity contribution in [1.82, 2.24) is 4.98 Å². The number of thiol groups is 1. The summed E-state index contributed by atoms with van der Waals surface area (Å²) < 4.78 is 0. The van der Waals surface area contributed by atoms with Crippen LogP contribution in [0.4, 0.5) is 5.69 Å². The van der Waals surface area contributed by atoms with Crippen molar-refractivity contribution in [2.45, 2.75) is 4.90 Å². The van der Waals surface area contributed by atoms with E-state index < -0.39 is 4.92 Å². The largest absolute Gasteiger partial charge is 0.270 e. The van der Waals surface area contributed by atoms with E-state index in [9.17, 15) is 10.1 Å². The van der Waals surface area contributed by atoms with Gasteiger partial charge in [0.15, 0.2) is 0 Å². The maximum atomic E-state index is 10.1. The summed E-state index contributed by atoms with van der Waals surface area (Å²) in [5.74, 6) is 0. The van der Waals surface area contributed by atoms with Gasteiger partial charge in [0, 0.05) is 28.6 Å². The molecular weight excluding hydrogens is 232 g/mol. The van der Waals surface area contributed by atoms with Crippen molar-refractivity contribution in [3.8, 4) is 0 Å². The number of rotatable bonds is 1. The van der Waals surface area contributed by atoms with E-state index in [4.69, 9.17) is 0 Å². The molecule has 0 amide bonds. The van der Waals surface area contributed by atoms with Crippen LogP contribution in [0, 0.1) is 10.1 Å². The van der Waals surface area contributed by atoms with E-state index in [0.717, 1.165) is 0 Å². The molecule has 0 fully saturated rings. The van der Waals surface area contributed by atoms with Crippen LogP contribution >= 0.6 is 24.0 Å². The van der Waals surface area contributed by atoms with E-state index in [0.29, 0.717) is 4.90 Å². The van der Waals surface area contributed by atoms with Crippen molar-refractivity contribution in [3.63, 3.8) is 0 Å². The van der Waals surface area contributed by atoms with Crippen LogP contribution in [0.2, 0.25) is 0 Å². The van der Waals surface area contributed by atoms with Crippen LogP contribution in [0.25, 0.3) is 0 Å². The molecule has 2 aromatic rings. The minimum atomic E-state index is -0.445. The minimum Gasteiger partial charge on any atom is -0.258 e. The van der Waals surface area contributed by atoms with Gasteiger partial charge in [-0.3, -0.25) is 15.1 Å². The van der Waals surface area contributed by atoms with Crippen LogP contribution in [-0.2, 0) is 0 Å². The lowest BCUT2D eigenvalue weighted by Crippen LogP contribution is -1.85. The van der Waals surface area contributed by atoms with Gasteiger partial charge in [-0.15, -0.1) is 24.0 Å². The molecule has 0 saturated carbocycles. The third-order valence-electron chi connectivity index (χ3n) is 1.39. The first kappa shape index (κ1) is 11.7. The number of benzene rings is 1. The van der Waals surface area contributed by atoms with Crippen LogP contribution in [-0.4, -0.2) is 9.91 Å². The third-order valence-corrected chi connectivity index (χ3v) is 2.19. The Morgan fingerprint density at radius 2 is 2.27 bits per heavy atom. The fourth-order valence-corrected chi connectivity index (χ4v) is 1.35. The smallest absolute Gasteiger partial charge is 0.258 e. The standard InChI is InChI=1S/C6H5NO2S.C3H3NS/c8-7(9)5-2-1-3-6(10)4-5;1-2-5-3-4-1/h1-4,10H;1-3H. The van der Waals surface area contributed by atoms with Crippen LogP contribution < -0.4 is 0 Å². The van der Waals surface area contributed by atoms with Gasteiger partial charge in [-0.1, -0.05) is 6.07 Å². The van der Waals surface area contributed by atoms with Crippen molar-refractivity contribution >= 4 is 29.7 Å². The normalized spacial score (nSPS) is 8.87. The van der Waals surface area contributed by atoms with Crippen molar-refractivity contribution in [3.05, 3.63) is 51.5 Å². The molecule has 0 aliphatic rings. The molecule has 78 valence electrons. The van der Waals surface area contributed by atoms with Gasteiger partial charge in [-0.05, 0) is 6.07 Å². The Labute approximate surface area is 96.2 Å². The lowest BCUT2D eigenvalue weighted by atomic mass is 10.3. The number of hydrogen-bond acceptors (Lipinski definition) is 5. The Morgan fingerprint density at radius 3 is 2.60 bits per heavy atom. The summed E-state index contributed by atoms with van der Waals surface area (Å²) in [6, 6.07) is 6.12. The van der Waals surface area contributed by atoms with E-state index in [-0.39, 0.29) is 5.69 Å². The molecule has 0 aliphatic heterocycles. The summed E-state index contributed by atoms with van der Waals surface area (Å²) in [5.41, 5.74) is 1.87. The maximum absolute atomic E-state index is 10.1. The van der Waals surface area contributed by atoms with Crippen molar-refractivity contribution in [1.29, 1.82) is 0 Å². The first-order chi connectivity index (χ1) is 7.20. The summed E-state index contributed by atoms with van der Waals surface area (Å²) in [4.78, 5) is 14.0. The van der Waals surface area contributed by atoms with Gasteiger partial charge < -0.3 is 0 Å². The molecule has 1 heterocycles. The first-order valence-electron chi connectivity index (χ1n) is 3.95. The number of aromatic nitrogens is 1. The number of thiazole rings is 1. The van der Waals surface area contributed by atoms with E-state index in [1.54, 1.807) is 35.2 Å². The Morgan fingerprint density at radius 1 is 1.47 bits per heavy atom. The van der Waals surface area contributed by atoms with Gasteiger partial charge in [0.1, 0.15) is 0 Å². The van der Waals surface area contributed by atoms with E-state index in [2.05, 4.69) is 17.6 Å². The monoisotopic (exact) mass is 240 g/mol. The van der Waals surface area contributed by atoms with Crippen LogP contribution in [0.3, 0.4) is 0 Å². The number of nitro groups is 1. The van der Waals surface area contributed by atoms with Crippen molar-refractivity contribution in [2.24, 2.45) is 0 Å². The highest BCUT2D eigenvalue weighted by atomic mass is 32.1. The number of nitro benzene ring substituents is 1. The van der Waals surface area contributed by atoms with E-state index in [1.807, 2.05) is 5.38 Å². The molecule has 0 saturated heterocycles. The molecule has 1 aromatic carbocycles. The zero-order valence-electron chi connectivity index (χ0n) is 7.61. The highest BCUT2D eigenvalue weighted by molar-refractivity contribution is 7.80.